The van der Waals surface area contributed by atoms with Gasteiger partial charge in [-0.15, -0.1) is 21.5 Å². The number of nitrogens with one attached hydrogen (secondary N) is 1. The number of fused-ring (bicyclic) bond motifs is 1. The van der Waals surface area contributed by atoms with E-state index in [9.17, 15) is 37.9 Å². The molecule has 0 aromatic carbocycles. The minimum absolute atomic E-state index is 0.0971. The van der Waals surface area contributed by atoms with Crippen molar-refractivity contribution < 1.29 is 37.9 Å². The third-order valence-electron chi connectivity index (χ3n) is 5.42. The molecular weight excluding hydrogens is 547 g/mol. The van der Waals surface area contributed by atoms with Gasteiger partial charge >= 0.3 is 12.1 Å². The molecule has 2 aliphatic heterocycles. The van der Waals surface area contributed by atoms with Gasteiger partial charge in [0.15, 0.2) is 15.2 Å². The first-order chi connectivity index (χ1) is 16.9. The van der Waals surface area contributed by atoms with E-state index in [-0.39, 0.29) is 55.8 Å². The highest BCUT2D eigenvalue weighted by Crippen LogP contribution is 2.46. The molecule has 1 unspecified atom stereocenters. The Morgan fingerprint density at radius 1 is 1.33 bits per heavy atom. The molecule has 2 amide bonds. The number of amides is 2. The Morgan fingerprint density at radius 3 is 2.61 bits per heavy atom. The lowest BCUT2D eigenvalue weighted by Gasteiger charge is -2.50. The van der Waals surface area contributed by atoms with Gasteiger partial charge in [0.05, 0.1) is 12.0 Å². The van der Waals surface area contributed by atoms with Gasteiger partial charge in [0.2, 0.25) is 10.9 Å². The van der Waals surface area contributed by atoms with Crippen molar-refractivity contribution in [2.24, 2.45) is 11.1 Å². The van der Waals surface area contributed by atoms with Crippen molar-refractivity contribution in [3.8, 4) is 0 Å². The Labute approximate surface area is 212 Å². The van der Waals surface area contributed by atoms with Crippen molar-refractivity contribution in [2.75, 3.05) is 12.3 Å². The number of rotatable bonds is 7. The molecule has 18 heteroatoms. The summed E-state index contributed by atoms with van der Waals surface area (Å²) in [5, 5.41) is 30.0. The zero-order chi connectivity index (χ0) is 26.4. The number of nitrogens with zero attached hydrogens (tertiary/aromatic N) is 5. The van der Waals surface area contributed by atoms with Crippen LogP contribution in [0.4, 0.5) is 18.3 Å². The van der Waals surface area contributed by atoms with Crippen LogP contribution in [0.1, 0.15) is 28.4 Å². The number of hydrogen-bond acceptors (Lipinski definition) is 12. The molecule has 1 saturated heterocycles. The Kier molecular flexibility index (Phi) is 6.93. The summed E-state index contributed by atoms with van der Waals surface area (Å²) in [4.78, 5) is 43.1. The number of carbonyl (C=O) groups is 3. The number of anilines is 1. The Hall–Kier alpha value is -3.25. The zero-order valence-electron chi connectivity index (χ0n) is 18.1. The van der Waals surface area contributed by atoms with Crippen LogP contribution < -0.4 is 11.1 Å². The lowest BCUT2D eigenvalue weighted by Crippen LogP contribution is -2.65. The Bertz CT molecular complexity index is 1310. The van der Waals surface area contributed by atoms with Gasteiger partial charge < -0.3 is 26.3 Å². The van der Waals surface area contributed by atoms with Crippen LogP contribution >= 0.6 is 34.4 Å². The van der Waals surface area contributed by atoms with Crippen molar-refractivity contribution in [3.05, 3.63) is 26.2 Å². The number of aryl methyl sites for hydroxylation is 1. The summed E-state index contributed by atoms with van der Waals surface area (Å²) < 4.78 is 38.3. The normalized spacial score (nSPS) is 20.3. The highest BCUT2D eigenvalue weighted by Gasteiger charge is 2.53. The molecule has 2 aromatic rings. The molecule has 2 atom stereocenters. The number of carbonyl (C=O) groups excluding carboxylic acids is 2. The maximum Gasteiger partial charge on any atom is 0.445 e. The molecule has 5 N–H and O–H groups in total. The number of thiazole rings is 1. The second-order valence-electron chi connectivity index (χ2n) is 7.59. The number of thioether (sulfide) groups is 1. The number of allylic oxidation sites excluding steroid dienone is 1. The number of hydrogen-bond donors (Lipinski definition) is 4. The molecule has 12 nitrogen and oxygen atoms in total. The number of halogens is 3. The lowest BCUT2D eigenvalue weighted by molar-refractivity contribution is -0.158. The third kappa shape index (κ3) is 4.74. The molecule has 4 heterocycles. The average molecular weight is 564 g/mol. The van der Waals surface area contributed by atoms with Gasteiger partial charge in [-0.1, -0.05) is 28.3 Å². The van der Waals surface area contributed by atoms with E-state index in [0.29, 0.717) is 11.3 Å². The van der Waals surface area contributed by atoms with Gasteiger partial charge in [-0.05, 0) is 19.8 Å². The molecule has 0 aliphatic carbocycles. The highest BCUT2D eigenvalue weighted by atomic mass is 32.2. The second kappa shape index (κ2) is 9.66. The first kappa shape index (κ1) is 25.8. The maximum absolute atomic E-state index is 12.8. The molecule has 192 valence electrons. The number of oxime groups is 1. The molecule has 2 aromatic heterocycles. The standard InChI is InChI=1S/C18H16F3N7O5S3/c1-5-9(24-16(22)34-5)10(27-33)12(29)23-4-6-7-2-3-8(11(14(31)32)28(7)13(6)30)35-17-26-25-15(36-17)18(19,20)21/h6-7,33H,2-4H2,1H3,(H2,22,24)(H,23,29)(H,31,32)/b27-10-/t6?,7-/m1/s1. The Morgan fingerprint density at radius 2 is 2.06 bits per heavy atom. The van der Waals surface area contributed by atoms with Crippen molar-refractivity contribution >= 4 is 63.1 Å². The molecule has 4 rings (SSSR count). The molecule has 0 spiro atoms. The summed E-state index contributed by atoms with van der Waals surface area (Å²) in [5.41, 5.74) is 4.99. The van der Waals surface area contributed by atoms with Gasteiger partial charge in [0, 0.05) is 16.3 Å². The number of aromatic nitrogens is 3. The van der Waals surface area contributed by atoms with Crippen LogP contribution in [-0.4, -0.2) is 66.5 Å². The predicted molar refractivity (Wildman–Crippen MR) is 121 cm³/mol. The number of carboxylic acid groups (broad SMARTS) is 1. The van der Waals surface area contributed by atoms with Crippen LogP contribution in [0.15, 0.2) is 20.1 Å². The largest absolute Gasteiger partial charge is 0.477 e. The van der Waals surface area contributed by atoms with Gasteiger partial charge in [-0.3, -0.25) is 9.59 Å². The van der Waals surface area contributed by atoms with Crippen LogP contribution in [0.25, 0.3) is 0 Å². The summed E-state index contributed by atoms with van der Waals surface area (Å²) in [5.74, 6) is -3.52. The molecule has 36 heavy (non-hydrogen) atoms. The number of nitrogens with two attached hydrogens (primary N) is 1. The van der Waals surface area contributed by atoms with Crippen LogP contribution in [0.2, 0.25) is 0 Å². The van der Waals surface area contributed by atoms with E-state index in [1.54, 1.807) is 6.92 Å². The predicted octanol–water partition coefficient (Wildman–Crippen LogP) is 1.91. The summed E-state index contributed by atoms with van der Waals surface area (Å²) >= 11 is 2.11. The smallest absolute Gasteiger partial charge is 0.445 e. The highest BCUT2D eigenvalue weighted by molar-refractivity contribution is 8.04. The fourth-order valence-electron chi connectivity index (χ4n) is 3.88. The fourth-order valence-corrected chi connectivity index (χ4v) is 6.52. The molecule has 0 bridgehead atoms. The average Bonchev–Trinajstić information content (AvgIpc) is 3.40. The fraction of sp³-hybridized carbons (Fsp3) is 0.389. The van der Waals surface area contributed by atoms with Gasteiger partial charge in [-0.25, -0.2) is 9.78 Å². The van der Waals surface area contributed by atoms with E-state index >= 15 is 0 Å². The van der Waals surface area contributed by atoms with Crippen LogP contribution in [0.3, 0.4) is 0 Å². The van der Waals surface area contributed by atoms with Gasteiger partial charge in [0.1, 0.15) is 11.4 Å². The minimum Gasteiger partial charge on any atom is -0.477 e. The molecule has 0 radical (unpaired) electrons. The molecular formula is C18H16F3N7O5S3. The molecule has 0 saturated carbocycles. The molecule has 1 fully saturated rings. The van der Waals surface area contributed by atoms with E-state index in [1.807, 2.05) is 0 Å². The number of aliphatic carboxylic acids is 1. The van der Waals surface area contributed by atoms with E-state index in [2.05, 4.69) is 25.7 Å². The second-order valence-corrected chi connectivity index (χ2v) is 11.1. The Balaban J connectivity index is 1.46. The first-order valence-corrected chi connectivity index (χ1v) is 12.5. The van der Waals surface area contributed by atoms with Gasteiger partial charge in [-0.2, -0.15) is 13.2 Å². The monoisotopic (exact) mass is 563 g/mol. The quantitative estimate of drug-likeness (QED) is 0.168. The van der Waals surface area contributed by atoms with E-state index < -0.39 is 40.9 Å². The first-order valence-electron chi connectivity index (χ1n) is 10.0. The van der Waals surface area contributed by atoms with Crippen LogP contribution in [0.5, 0.6) is 0 Å². The summed E-state index contributed by atoms with van der Waals surface area (Å²) in [6.07, 6.45) is -4.18. The van der Waals surface area contributed by atoms with Crippen LogP contribution in [0, 0.1) is 12.8 Å². The van der Waals surface area contributed by atoms with Crippen molar-refractivity contribution in [1.29, 1.82) is 0 Å². The topological polar surface area (TPSA) is 184 Å². The summed E-state index contributed by atoms with van der Waals surface area (Å²) in [6.45, 7) is 1.48. The summed E-state index contributed by atoms with van der Waals surface area (Å²) in [6, 6.07) is -0.542. The minimum atomic E-state index is -4.67. The lowest BCUT2D eigenvalue weighted by atomic mass is 9.81. The van der Waals surface area contributed by atoms with E-state index in [4.69, 9.17) is 5.73 Å². The van der Waals surface area contributed by atoms with Crippen LogP contribution in [-0.2, 0) is 20.6 Å². The third-order valence-corrected chi connectivity index (χ3v) is 8.38. The number of β-lactam (4-membered cyclic amide) rings is 1. The SMILES string of the molecule is Cc1sc(N)nc1/C(=N/O)C(=O)NCC1C(=O)N2C(C(=O)O)=C(Sc3nnc(C(F)(F)F)s3)CC[C@H]12. The zero-order valence-corrected chi connectivity index (χ0v) is 20.5. The maximum atomic E-state index is 12.8. The van der Waals surface area contributed by atoms with Crippen molar-refractivity contribution in [2.45, 2.75) is 36.3 Å². The van der Waals surface area contributed by atoms with Crippen molar-refractivity contribution in [1.82, 2.24) is 25.4 Å². The molecule has 2 aliphatic rings. The van der Waals surface area contributed by atoms with Crippen molar-refractivity contribution in [3.63, 3.8) is 0 Å². The summed E-state index contributed by atoms with van der Waals surface area (Å²) in [7, 11) is 0. The number of nitrogen functional groups attached to an aromatic ring is 1. The van der Waals surface area contributed by atoms with E-state index in [1.165, 1.54) is 0 Å². The van der Waals surface area contributed by atoms with Gasteiger partial charge in [0.25, 0.3) is 5.91 Å². The number of alkyl halides is 3. The van der Waals surface area contributed by atoms with E-state index in [0.717, 1.165) is 28.0 Å². The number of carboxylic acids is 1.